The zero-order valence-corrected chi connectivity index (χ0v) is 2.77. The Balaban J connectivity index is 2.85. The average Bonchev–Trinajstić information content (AvgIpc) is 1.38. The highest BCUT2D eigenvalue weighted by molar-refractivity contribution is 5.60. The van der Waals surface area contributed by atoms with E-state index in [1.54, 1.807) is 0 Å². The molecule has 0 saturated carbocycles. The van der Waals surface area contributed by atoms with E-state index in [4.69, 9.17) is 0 Å². The highest BCUT2D eigenvalue weighted by Gasteiger charge is 1.75. The predicted molar refractivity (Wildman–Crippen MR) is 16.9 cm³/mol. The molecule has 0 aromatic rings. The molecule has 0 atom stereocenters. The fourth-order valence-corrected chi connectivity index (χ4v) is 0. The molecule has 0 rings (SSSR count). The highest BCUT2D eigenvalue weighted by atomic mass is 16.2. The molecule has 0 radical (unpaired) electrons. The zero-order valence-electron chi connectivity index (χ0n) is 2.77. The number of nitrogens with two attached hydrogens (primary N) is 2. The number of hydrogen-bond acceptors (Lipinski definition) is 1. The van der Waals surface area contributed by atoms with E-state index in [2.05, 4.69) is 12.8 Å². The lowest BCUT2D eigenvalue weighted by atomic mass is 11.1. The highest BCUT2D eigenvalue weighted by Crippen LogP contribution is 1.25. The molecule has 0 saturated heterocycles. The number of primary amides is 2. The van der Waals surface area contributed by atoms with Gasteiger partial charge in [-0.3, -0.25) is 0 Å². The fraction of sp³-hybridized carbons (Fsp3) is 0. The van der Waals surface area contributed by atoms with Crippen LogP contribution < -0.4 is 11.1 Å². The van der Waals surface area contributed by atoms with Gasteiger partial charge in [-0.15, -0.1) is 7.05 Å². The van der Waals surface area contributed by atoms with Gasteiger partial charge in [0, 0.05) is 0 Å². The molecule has 3 nitrogen and oxygen atoms in total. The standard InChI is InChI=1S/C2H6N2O/c1-4-2(3)5/h1,4H2,(H2,3,5). The first-order valence-electron chi connectivity index (χ1n) is 1.19. The minimum absolute atomic E-state index is 0.481. The van der Waals surface area contributed by atoms with Crippen molar-refractivity contribution < 1.29 is 10.1 Å². The third-order valence-corrected chi connectivity index (χ3v) is 0.201. The van der Waals surface area contributed by atoms with Gasteiger partial charge in [0.05, 0.1) is 0 Å². The van der Waals surface area contributed by atoms with Crippen molar-refractivity contribution in [3.05, 3.63) is 7.05 Å². The van der Waals surface area contributed by atoms with E-state index in [1.165, 1.54) is 0 Å². The molecule has 0 aliphatic rings. The van der Waals surface area contributed by atoms with Gasteiger partial charge in [-0.25, -0.2) is 4.79 Å². The van der Waals surface area contributed by atoms with Crippen LogP contribution in [0.3, 0.4) is 0 Å². The van der Waals surface area contributed by atoms with Crippen molar-refractivity contribution in [3.8, 4) is 0 Å². The van der Waals surface area contributed by atoms with Crippen molar-refractivity contribution >= 4 is 6.03 Å². The quantitative estimate of drug-likeness (QED) is 0.335. The first-order chi connectivity index (χ1) is 2.27. The Kier molecular flexibility index (Phi) is 1.53. The third kappa shape index (κ3) is 3.43. The summed E-state index contributed by atoms with van der Waals surface area (Å²) in [6.07, 6.45) is 0. The topological polar surface area (TPSA) is 59.7 Å². The number of hydrogen-bond donors (Lipinski definition) is 2. The van der Waals surface area contributed by atoms with Gasteiger partial charge in [-0.1, -0.05) is 0 Å². The maximum atomic E-state index is 9.47. The first kappa shape index (κ1) is 4.43. The van der Waals surface area contributed by atoms with E-state index < -0.39 is 6.03 Å². The smallest absolute Gasteiger partial charge is 0.384 e. The first-order valence-corrected chi connectivity index (χ1v) is 1.19. The molecule has 0 fully saturated rings. The Morgan fingerprint density at radius 1 is 2.00 bits per heavy atom. The summed E-state index contributed by atoms with van der Waals surface area (Å²) in [4.78, 5) is 9.47. The van der Waals surface area contributed by atoms with E-state index in [1.807, 2.05) is 0 Å². The molecule has 0 aliphatic carbocycles. The largest absolute Gasteiger partial charge is 0.395 e. The van der Waals surface area contributed by atoms with Gasteiger partial charge in [0.25, 0.3) is 0 Å². The molecule has 3 heteroatoms. The Morgan fingerprint density at radius 2 is 2.20 bits per heavy atom. The van der Waals surface area contributed by atoms with Crippen LogP contribution in [0.25, 0.3) is 0 Å². The van der Waals surface area contributed by atoms with Gasteiger partial charge in [0.15, 0.2) is 0 Å². The second kappa shape index (κ2) is 1.72. The molecular formula is C2H6N2O. The number of quaternary nitrogens is 1. The summed E-state index contributed by atoms with van der Waals surface area (Å²) in [5.74, 6) is 0. The lowest BCUT2D eigenvalue weighted by Gasteiger charge is -1.81. The molecule has 30 valence electrons. The molecule has 0 bridgehead atoms. The summed E-state index contributed by atoms with van der Waals surface area (Å²) < 4.78 is 0. The van der Waals surface area contributed by atoms with E-state index in [9.17, 15) is 4.79 Å². The van der Waals surface area contributed by atoms with Crippen LogP contribution in [0.2, 0.25) is 0 Å². The van der Waals surface area contributed by atoms with Crippen LogP contribution in [0.5, 0.6) is 0 Å². The lowest BCUT2D eigenvalue weighted by Crippen LogP contribution is -2.83. The summed E-state index contributed by atoms with van der Waals surface area (Å²) in [6, 6.07) is -0.481. The Labute approximate surface area is 30.2 Å². The summed E-state index contributed by atoms with van der Waals surface area (Å²) in [7, 11) is 3.09. The third-order valence-electron chi connectivity index (χ3n) is 0.201. The summed E-state index contributed by atoms with van der Waals surface area (Å²) in [5.41, 5.74) is 4.53. The fourth-order valence-electron chi connectivity index (χ4n) is 0. The number of amides is 2. The normalized spacial score (nSPS) is 7.40. The second-order valence-corrected chi connectivity index (χ2v) is 0.606. The number of carbonyl (C=O) groups is 1. The van der Waals surface area contributed by atoms with Gasteiger partial charge in [0.1, 0.15) is 0 Å². The maximum absolute atomic E-state index is 9.47. The molecule has 2 amide bonds. The molecule has 0 heterocycles. The van der Waals surface area contributed by atoms with Gasteiger partial charge in [-0.2, -0.15) is 0 Å². The van der Waals surface area contributed by atoms with Crippen LogP contribution in [0.4, 0.5) is 4.79 Å². The van der Waals surface area contributed by atoms with Crippen LogP contribution in [-0.2, 0) is 0 Å². The van der Waals surface area contributed by atoms with Gasteiger partial charge in [-0.05, 0) is 0 Å². The van der Waals surface area contributed by atoms with Crippen molar-refractivity contribution in [2.45, 2.75) is 0 Å². The van der Waals surface area contributed by atoms with Crippen molar-refractivity contribution in [2.24, 2.45) is 5.73 Å². The molecule has 4 N–H and O–H groups in total. The van der Waals surface area contributed by atoms with Crippen LogP contribution in [0, 0.1) is 7.05 Å². The molecule has 5 heavy (non-hydrogen) atoms. The molecule has 0 spiro atoms. The van der Waals surface area contributed by atoms with Gasteiger partial charge in [0.2, 0.25) is 0 Å². The SMILES string of the molecule is [CH2-][NH2+]C(N)=O. The van der Waals surface area contributed by atoms with Crippen LogP contribution in [0.15, 0.2) is 0 Å². The molecule has 0 aromatic carbocycles. The van der Waals surface area contributed by atoms with Crippen LogP contribution in [-0.4, -0.2) is 6.03 Å². The van der Waals surface area contributed by atoms with Crippen LogP contribution >= 0.6 is 0 Å². The monoisotopic (exact) mass is 74.0 g/mol. The van der Waals surface area contributed by atoms with Crippen molar-refractivity contribution in [1.29, 1.82) is 0 Å². The maximum Gasteiger partial charge on any atom is 0.384 e. The number of carbonyl (C=O) groups excluding carboxylic acids is 1. The summed E-state index contributed by atoms with van der Waals surface area (Å²) in [6.45, 7) is 0. The number of urea groups is 1. The van der Waals surface area contributed by atoms with Crippen molar-refractivity contribution in [1.82, 2.24) is 0 Å². The van der Waals surface area contributed by atoms with E-state index in [-0.39, 0.29) is 0 Å². The van der Waals surface area contributed by atoms with E-state index in [0.29, 0.717) is 0 Å². The Bertz CT molecular complexity index is 42.9. The minimum atomic E-state index is -0.481. The van der Waals surface area contributed by atoms with Gasteiger partial charge >= 0.3 is 6.03 Å². The molecule has 0 aliphatic heterocycles. The number of rotatable bonds is 0. The van der Waals surface area contributed by atoms with Crippen molar-refractivity contribution in [3.63, 3.8) is 0 Å². The predicted octanol–water partition coefficient (Wildman–Crippen LogP) is -1.58. The Hall–Kier alpha value is -0.570. The van der Waals surface area contributed by atoms with Gasteiger partial charge < -0.3 is 11.1 Å². The minimum Gasteiger partial charge on any atom is -0.395 e. The van der Waals surface area contributed by atoms with E-state index >= 15 is 0 Å². The Morgan fingerprint density at radius 3 is 2.20 bits per heavy atom. The molecule has 0 aromatic heterocycles. The molecular weight excluding hydrogens is 68.0 g/mol. The van der Waals surface area contributed by atoms with Crippen molar-refractivity contribution in [2.75, 3.05) is 0 Å². The average molecular weight is 74.1 g/mol. The second-order valence-electron chi connectivity index (χ2n) is 0.606. The zero-order chi connectivity index (χ0) is 4.28. The summed E-state index contributed by atoms with van der Waals surface area (Å²) >= 11 is 0. The molecule has 0 unspecified atom stereocenters. The summed E-state index contributed by atoms with van der Waals surface area (Å²) in [5, 5.41) is 1.06. The lowest BCUT2D eigenvalue weighted by molar-refractivity contribution is -0.487. The van der Waals surface area contributed by atoms with E-state index in [0.717, 1.165) is 5.32 Å². The van der Waals surface area contributed by atoms with Crippen LogP contribution in [0.1, 0.15) is 0 Å².